The fourth-order valence-corrected chi connectivity index (χ4v) is 5.03. The summed E-state index contributed by atoms with van der Waals surface area (Å²) in [6.07, 6.45) is 5.59. The highest BCUT2D eigenvalue weighted by Crippen LogP contribution is 2.29. The number of hydrogen-bond acceptors (Lipinski definition) is 8. The van der Waals surface area contributed by atoms with Gasteiger partial charge in [0.1, 0.15) is 4.90 Å². The molecule has 0 radical (unpaired) electrons. The number of pyridine rings is 2. The first kappa shape index (κ1) is 25.3. The van der Waals surface area contributed by atoms with Crippen LogP contribution in [0.25, 0.3) is 5.52 Å². The van der Waals surface area contributed by atoms with Crippen molar-refractivity contribution in [3.63, 3.8) is 0 Å². The minimum atomic E-state index is -4.26. The molecule has 0 unspecified atom stereocenters. The predicted octanol–water partition coefficient (Wildman–Crippen LogP) is 3.78. The zero-order valence-corrected chi connectivity index (χ0v) is 21.8. The Morgan fingerprint density at radius 2 is 2.06 bits per heavy atom. The van der Waals surface area contributed by atoms with Gasteiger partial charge in [0.25, 0.3) is 15.7 Å². The lowest BCUT2D eigenvalue weighted by Gasteiger charge is -2.22. The molecule has 0 amide bonds. The Hall–Kier alpha value is -3.84. The monoisotopic (exact) mass is 571 g/mol. The van der Waals surface area contributed by atoms with E-state index in [1.54, 1.807) is 42.0 Å². The molecular weight excluding hydrogens is 550 g/mol. The van der Waals surface area contributed by atoms with Crippen molar-refractivity contribution in [3.05, 3.63) is 93.0 Å². The van der Waals surface area contributed by atoms with Gasteiger partial charge >= 0.3 is 0 Å². The first-order valence-electron chi connectivity index (χ1n) is 10.7. The number of halogens is 1. The van der Waals surface area contributed by atoms with Crippen molar-refractivity contribution in [2.24, 2.45) is 5.10 Å². The second-order valence-electron chi connectivity index (χ2n) is 7.93. The molecule has 3 heterocycles. The SMILES string of the molecule is C/C(=N\NS(=O)(=O)c1cc([N+](=O)[O-])ccc1N(C)CCc1ccccn1)c1cnn2ccc(Br)cc12. The van der Waals surface area contributed by atoms with Gasteiger partial charge < -0.3 is 4.90 Å². The van der Waals surface area contributed by atoms with Crippen molar-refractivity contribution in [1.82, 2.24) is 19.4 Å². The molecule has 11 nitrogen and oxygen atoms in total. The quantitative estimate of drug-likeness (QED) is 0.183. The number of aromatic nitrogens is 3. The summed E-state index contributed by atoms with van der Waals surface area (Å²) < 4.78 is 29.1. The molecule has 0 fully saturated rings. The average molecular weight is 572 g/mol. The molecule has 0 aliphatic heterocycles. The van der Waals surface area contributed by atoms with Crippen molar-refractivity contribution in [2.45, 2.75) is 18.2 Å². The van der Waals surface area contributed by atoms with Crippen molar-refractivity contribution in [3.8, 4) is 0 Å². The summed E-state index contributed by atoms with van der Waals surface area (Å²) in [5, 5.41) is 19.7. The molecule has 186 valence electrons. The summed E-state index contributed by atoms with van der Waals surface area (Å²) in [5.74, 6) is 0. The molecule has 4 rings (SSSR count). The molecule has 0 saturated heterocycles. The smallest absolute Gasteiger partial charge is 0.278 e. The third-order valence-electron chi connectivity index (χ3n) is 5.49. The van der Waals surface area contributed by atoms with Gasteiger partial charge in [0.15, 0.2) is 0 Å². The van der Waals surface area contributed by atoms with Gasteiger partial charge in [-0.1, -0.05) is 22.0 Å². The number of anilines is 1. The van der Waals surface area contributed by atoms with E-state index in [2.05, 4.69) is 35.9 Å². The van der Waals surface area contributed by atoms with Gasteiger partial charge in [-0.15, -0.1) is 0 Å². The lowest BCUT2D eigenvalue weighted by atomic mass is 10.2. The van der Waals surface area contributed by atoms with Gasteiger partial charge in [-0.2, -0.15) is 23.4 Å². The number of sulfonamides is 1. The molecule has 0 saturated carbocycles. The maximum absolute atomic E-state index is 13.3. The van der Waals surface area contributed by atoms with E-state index in [4.69, 9.17) is 0 Å². The largest absolute Gasteiger partial charge is 0.373 e. The van der Waals surface area contributed by atoms with Crippen LogP contribution in [0.5, 0.6) is 0 Å². The minimum absolute atomic E-state index is 0.251. The van der Waals surface area contributed by atoms with Crippen molar-refractivity contribution in [2.75, 3.05) is 18.5 Å². The molecule has 1 aromatic carbocycles. The Balaban J connectivity index is 1.64. The van der Waals surface area contributed by atoms with Crippen LogP contribution in [0.1, 0.15) is 18.2 Å². The van der Waals surface area contributed by atoms with Crippen LogP contribution in [0, 0.1) is 10.1 Å². The topological polar surface area (TPSA) is 135 Å². The van der Waals surface area contributed by atoms with Gasteiger partial charge in [-0.05, 0) is 37.3 Å². The first-order chi connectivity index (χ1) is 17.2. The molecule has 3 aromatic heterocycles. The van der Waals surface area contributed by atoms with E-state index in [0.717, 1.165) is 21.7 Å². The van der Waals surface area contributed by atoms with E-state index in [0.29, 0.717) is 29.9 Å². The van der Waals surface area contributed by atoms with E-state index >= 15 is 0 Å². The number of non-ortho nitro benzene ring substituents is 1. The van der Waals surface area contributed by atoms with E-state index in [1.165, 1.54) is 12.1 Å². The Morgan fingerprint density at radius 1 is 1.25 bits per heavy atom. The summed E-state index contributed by atoms with van der Waals surface area (Å²) >= 11 is 3.41. The summed E-state index contributed by atoms with van der Waals surface area (Å²) in [4.78, 5) is 18.7. The van der Waals surface area contributed by atoms with Crippen LogP contribution >= 0.6 is 15.9 Å². The van der Waals surface area contributed by atoms with Gasteiger partial charge in [-0.25, -0.2) is 4.52 Å². The number of likely N-dealkylation sites (N-methyl/N-ethyl adjacent to an activating group) is 1. The molecule has 0 aliphatic carbocycles. The van der Waals surface area contributed by atoms with Crippen LogP contribution in [0.3, 0.4) is 0 Å². The Kier molecular flexibility index (Phi) is 7.31. The van der Waals surface area contributed by atoms with Gasteiger partial charge in [-0.3, -0.25) is 15.1 Å². The first-order valence-corrected chi connectivity index (χ1v) is 13.0. The van der Waals surface area contributed by atoms with Crippen LogP contribution in [-0.4, -0.2) is 47.2 Å². The van der Waals surface area contributed by atoms with Crippen molar-refractivity contribution in [1.29, 1.82) is 0 Å². The van der Waals surface area contributed by atoms with E-state index < -0.39 is 14.9 Å². The second kappa shape index (κ2) is 10.4. The zero-order chi connectivity index (χ0) is 25.9. The fourth-order valence-electron chi connectivity index (χ4n) is 3.57. The number of nitrogens with zero attached hydrogens (tertiary/aromatic N) is 6. The molecule has 0 aliphatic rings. The molecule has 1 N–H and O–H groups in total. The number of benzene rings is 1. The van der Waals surface area contributed by atoms with Crippen LogP contribution < -0.4 is 9.73 Å². The maximum Gasteiger partial charge on any atom is 0.278 e. The summed E-state index contributed by atoms with van der Waals surface area (Å²) in [6.45, 7) is 2.09. The molecule has 4 aromatic rings. The number of fused-ring (bicyclic) bond motifs is 1. The van der Waals surface area contributed by atoms with Crippen LogP contribution in [0.2, 0.25) is 0 Å². The van der Waals surface area contributed by atoms with E-state index in [9.17, 15) is 18.5 Å². The third kappa shape index (κ3) is 5.52. The summed E-state index contributed by atoms with van der Waals surface area (Å²) in [5.41, 5.74) is 2.54. The summed E-state index contributed by atoms with van der Waals surface area (Å²) in [6, 6.07) is 13.0. The van der Waals surface area contributed by atoms with Crippen molar-refractivity contribution < 1.29 is 13.3 Å². The average Bonchev–Trinajstić information content (AvgIpc) is 3.29. The number of nitrogens with one attached hydrogen (secondary N) is 1. The van der Waals surface area contributed by atoms with Crippen LogP contribution in [0.15, 0.2) is 81.6 Å². The highest BCUT2D eigenvalue weighted by atomic mass is 79.9. The lowest BCUT2D eigenvalue weighted by molar-refractivity contribution is -0.385. The Labute approximate surface area is 215 Å². The molecule has 13 heteroatoms. The van der Waals surface area contributed by atoms with Crippen LogP contribution in [-0.2, 0) is 16.4 Å². The molecular formula is C23H22BrN7O4S. The highest BCUT2D eigenvalue weighted by Gasteiger charge is 2.24. The van der Waals surface area contributed by atoms with E-state index in [-0.39, 0.29) is 10.6 Å². The van der Waals surface area contributed by atoms with Gasteiger partial charge in [0.05, 0.1) is 28.0 Å². The standard InChI is InChI=1S/C23H22BrN7O4S/c1-16(20-15-26-30-12-8-17(24)13-22(20)30)27-28-36(34,35)23-14-19(31(32)33)6-7-21(23)29(2)11-9-18-5-3-4-10-25-18/h3-8,10,12-15,28H,9,11H2,1-2H3/b27-16+. The van der Waals surface area contributed by atoms with Crippen molar-refractivity contribution >= 4 is 48.6 Å². The molecule has 0 atom stereocenters. The Morgan fingerprint density at radius 3 is 2.78 bits per heavy atom. The maximum atomic E-state index is 13.3. The number of hydrazone groups is 1. The van der Waals surface area contributed by atoms with Gasteiger partial charge in [0.2, 0.25) is 0 Å². The third-order valence-corrected chi connectivity index (χ3v) is 7.22. The zero-order valence-electron chi connectivity index (χ0n) is 19.4. The summed E-state index contributed by atoms with van der Waals surface area (Å²) in [7, 11) is -2.54. The lowest BCUT2D eigenvalue weighted by Crippen LogP contribution is -2.26. The minimum Gasteiger partial charge on any atom is -0.373 e. The fraction of sp³-hybridized carbons (Fsp3) is 0.174. The predicted molar refractivity (Wildman–Crippen MR) is 140 cm³/mol. The highest BCUT2D eigenvalue weighted by molar-refractivity contribution is 9.10. The molecule has 0 bridgehead atoms. The Bertz CT molecular complexity index is 1560. The normalized spacial score (nSPS) is 12.0. The number of rotatable bonds is 9. The number of nitro benzene ring substituents is 1. The second-order valence-corrected chi connectivity index (χ2v) is 10.5. The number of hydrogen-bond donors (Lipinski definition) is 1. The molecule has 0 spiro atoms. The van der Waals surface area contributed by atoms with Gasteiger partial charge in [0, 0.05) is 60.3 Å². The number of nitro groups is 1. The van der Waals surface area contributed by atoms with E-state index in [1.807, 2.05) is 30.3 Å². The molecule has 36 heavy (non-hydrogen) atoms. The van der Waals surface area contributed by atoms with Crippen LogP contribution in [0.4, 0.5) is 11.4 Å².